The van der Waals surface area contributed by atoms with Crippen LogP contribution in [-0.4, -0.2) is 222 Å². The van der Waals surface area contributed by atoms with E-state index in [0.29, 0.717) is 16.7 Å². The maximum Gasteiger partial charge on any atom is 0.327 e. The van der Waals surface area contributed by atoms with Gasteiger partial charge in [-0.05, 0) is 84.2 Å². The van der Waals surface area contributed by atoms with Crippen molar-refractivity contribution in [3.05, 3.63) is 89.5 Å². The molecule has 36 heteroatoms. The standard InChI is InChI=1S/C65H95N13O19S4/c1-8-33(6)52(78-62(93)49(29-100)75-57(88)43(22-35-9-15-38(81)16-10-35)68-53(84)34(7)67-63(94)51(32(4)5)77-54(85)41(66)27-98)64(95)73-47(26-80)60(91)72-46(25-79)59(90)69-42(21-31(2)3)55(86)74-48(28-99)61(92)71-44(23-36-11-17-39(82)18-12-36)56(87)70-45(24-37-13-19-40(83)20-14-37)58(89)76-50(30-101)65(96)97/h9-20,31-34,41-52,79-83,98-101H,8,21-30,66H2,1-7H3,(H,67,94)(H,68,84)(H,69,90)(H,70,87)(H,71,92)(H,72,91)(H,73,95)(H,74,86)(H,75,88)(H,76,89)(H,77,85)(H,78,93)(H,96,97)/t33-,34-,41-,42-,43-,44-,45-,46-,47-,48-,49-,50-,51-,52-/m0/s1. The summed E-state index contributed by atoms with van der Waals surface area (Å²) < 4.78 is 0. The van der Waals surface area contributed by atoms with E-state index in [9.17, 15) is 93.0 Å². The first-order valence-corrected chi connectivity index (χ1v) is 34.8. The van der Waals surface area contributed by atoms with Crippen LogP contribution in [0, 0.1) is 17.8 Å². The molecule has 0 saturated carbocycles. The second-order valence-corrected chi connectivity index (χ2v) is 26.1. The minimum atomic E-state index is -1.86. The highest BCUT2D eigenvalue weighted by Crippen LogP contribution is 2.17. The lowest BCUT2D eigenvalue weighted by molar-refractivity contribution is -0.141. The molecule has 0 aliphatic carbocycles. The molecule has 0 radical (unpaired) electrons. The number of carboxylic acid groups (broad SMARTS) is 1. The number of nitrogens with two attached hydrogens (primary N) is 1. The SMILES string of the molecule is CC[C@H](C)[C@H](NC(=O)[C@H](CS)NC(=O)[C@H](Cc1ccc(O)cc1)NC(=O)[C@H](C)NC(=O)[C@@H](NC(=O)[C@@H](N)CS)C(C)C)C(=O)N[C@@H](CO)C(=O)N[C@@H](CO)C(=O)N[C@@H](CC(C)C)C(=O)N[C@@H](CS)C(=O)N[C@@H](Cc1ccc(O)cc1)C(=O)N[C@@H](Cc1ccc(O)cc1)C(=O)N[C@@H](CS)C(=O)O. The molecule has 0 unspecified atom stereocenters. The number of phenols is 3. The Balaban J connectivity index is 1.80. The van der Waals surface area contributed by atoms with Crippen molar-refractivity contribution in [1.29, 1.82) is 0 Å². The zero-order valence-electron chi connectivity index (χ0n) is 56.8. The molecular weight excluding hydrogens is 1400 g/mol. The van der Waals surface area contributed by atoms with E-state index in [-0.39, 0.29) is 72.5 Å². The first-order valence-electron chi connectivity index (χ1n) is 32.3. The van der Waals surface area contributed by atoms with Gasteiger partial charge in [-0.25, -0.2) is 4.79 Å². The van der Waals surface area contributed by atoms with Gasteiger partial charge in [0.2, 0.25) is 70.9 Å². The molecule has 0 heterocycles. The van der Waals surface area contributed by atoms with Crippen molar-refractivity contribution in [2.24, 2.45) is 23.5 Å². The van der Waals surface area contributed by atoms with Gasteiger partial charge >= 0.3 is 5.97 Å². The first-order chi connectivity index (χ1) is 47.6. The summed E-state index contributed by atoms with van der Waals surface area (Å²) in [5.41, 5.74) is 7.04. The van der Waals surface area contributed by atoms with Gasteiger partial charge < -0.3 is 100 Å². The van der Waals surface area contributed by atoms with Gasteiger partial charge in [0.25, 0.3) is 0 Å². The van der Waals surface area contributed by atoms with E-state index in [1.165, 1.54) is 79.7 Å². The van der Waals surface area contributed by atoms with E-state index in [0.717, 1.165) is 0 Å². The van der Waals surface area contributed by atoms with Gasteiger partial charge in [-0.3, -0.25) is 57.5 Å². The topological polar surface area (TPSA) is 514 Å². The van der Waals surface area contributed by atoms with Crippen molar-refractivity contribution >= 4 is 127 Å². The molecular formula is C65H95N13O19S4. The Bertz CT molecular complexity index is 3310. The fourth-order valence-electron chi connectivity index (χ4n) is 9.56. The number of hydrogen-bond acceptors (Lipinski definition) is 23. The molecule has 558 valence electrons. The molecule has 32 nitrogen and oxygen atoms in total. The zero-order chi connectivity index (χ0) is 76.0. The van der Waals surface area contributed by atoms with Crippen LogP contribution in [0.5, 0.6) is 17.2 Å². The minimum Gasteiger partial charge on any atom is -0.508 e. The number of aliphatic hydroxyl groups excluding tert-OH is 2. The largest absolute Gasteiger partial charge is 0.508 e. The lowest BCUT2D eigenvalue weighted by atomic mass is 9.97. The van der Waals surface area contributed by atoms with Crippen LogP contribution < -0.4 is 69.5 Å². The number of amides is 12. The molecule has 3 aromatic rings. The Morgan fingerprint density at radius 1 is 0.366 bits per heavy atom. The zero-order valence-corrected chi connectivity index (χ0v) is 60.4. The molecule has 14 atom stereocenters. The van der Waals surface area contributed by atoms with Gasteiger partial charge in [-0.15, -0.1) is 0 Å². The third kappa shape index (κ3) is 28.8. The monoisotopic (exact) mass is 1490 g/mol. The van der Waals surface area contributed by atoms with Crippen LogP contribution in [0.4, 0.5) is 0 Å². The van der Waals surface area contributed by atoms with Crippen molar-refractivity contribution in [2.45, 2.75) is 159 Å². The Morgan fingerprint density at radius 3 is 1.01 bits per heavy atom. The Kier molecular flexibility index (Phi) is 37.2. The van der Waals surface area contributed by atoms with Gasteiger partial charge in [-0.1, -0.05) is 84.4 Å². The summed E-state index contributed by atoms with van der Waals surface area (Å²) in [4.78, 5) is 178. The number of carboxylic acids is 1. The predicted molar refractivity (Wildman–Crippen MR) is 383 cm³/mol. The fourth-order valence-corrected chi connectivity index (χ4v) is 10.5. The molecule has 3 rings (SSSR count). The number of carbonyl (C=O) groups is 13. The summed E-state index contributed by atoms with van der Waals surface area (Å²) in [6, 6.07) is -2.42. The van der Waals surface area contributed by atoms with Gasteiger partial charge in [0.15, 0.2) is 0 Å². The quantitative estimate of drug-likeness (QED) is 0.0245. The van der Waals surface area contributed by atoms with Crippen LogP contribution in [-0.2, 0) is 81.6 Å². The highest BCUT2D eigenvalue weighted by Gasteiger charge is 2.38. The molecule has 12 amide bonds. The molecule has 0 aliphatic heterocycles. The Labute approximate surface area is 606 Å². The van der Waals surface area contributed by atoms with E-state index in [1.54, 1.807) is 41.5 Å². The van der Waals surface area contributed by atoms with Crippen LogP contribution >= 0.6 is 50.5 Å². The number of aliphatic hydroxyl groups is 2. The number of nitrogens with one attached hydrogen (secondary N) is 12. The van der Waals surface area contributed by atoms with Crippen LogP contribution in [0.1, 0.15) is 78.0 Å². The van der Waals surface area contributed by atoms with Gasteiger partial charge in [0, 0.05) is 42.3 Å². The van der Waals surface area contributed by atoms with Crippen LogP contribution in [0.15, 0.2) is 72.8 Å². The highest BCUT2D eigenvalue weighted by atomic mass is 32.1. The summed E-state index contributed by atoms with van der Waals surface area (Å²) in [5, 5.41) is 89.9. The molecule has 0 aliphatic rings. The number of phenolic OH excluding ortho intramolecular Hbond substituents is 3. The fraction of sp³-hybridized carbons (Fsp3) is 0.523. The first kappa shape index (κ1) is 86.7. The average molecular weight is 1490 g/mol. The van der Waals surface area contributed by atoms with Crippen molar-refractivity contribution in [2.75, 3.05) is 36.2 Å². The number of aliphatic carboxylic acids is 1. The van der Waals surface area contributed by atoms with Gasteiger partial charge in [0.05, 0.1) is 19.3 Å². The van der Waals surface area contributed by atoms with Crippen LogP contribution in [0.2, 0.25) is 0 Å². The van der Waals surface area contributed by atoms with E-state index in [4.69, 9.17) is 5.73 Å². The number of thiol groups is 4. The Morgan fingerprint density at radius 2 is 0.663 bits per heavy atom. The van der Waals surface area contributed by atoms with Crippen molar-refractivity contribution < 1.29 is 93.0 Å². The Hall–Kier alpha value is -8.55. The lowest BCUT2D eigenvalue weighted by Gasteiger charge is -2.29. The molecule has 0 spiro atoms. The molecule has 0 fully saturated rings. The third-order valence-corrected chi connectivity index (χ3v) is 17.2. The van der Waals surface area contributed by atoms with Crippen molar-refractivity contribution in [3.8, 4) is 17.2 Å². The minimum absolute atomic E-state index is 0.0105. The molecule has 20 N–H and O–H groups in total. The summed E-state index contributed by atoms with van der Waals surface area (Å²) in [6.45, 7) is 9.03. The summed E-state index contributed by atoms with van der Waals surface area (Å²) in [7, 11) is 0. The number of rotatable bonds is 42. The predicted octanol–water partition coefficient (Wildman–Crippen LogP) is -3.47. The van der Waals surface area contributed by atoms with E-state index >= 15 is 0 Å². The smallest absolute Gasteiger partial charge is 0.327 e. The second kappa shape index (κ2) is 43.3. The molecule has 101 heavy (non-hydrogen) atoms. The maximum absolute atomic E-state index is 14.3. The number of benzene rings is 3. The van der Waals surface area contributed by atoms with Crippen molar-refractivity contribution in [3.63, 3.8) is 0 Å². The van der Waals surface area contributed by atoms with Crippen LogP contribution in [0.3, 0.4) is 0 Å². The summed E-state index contributed by atoms with van der Waals surface area (Å²) in [6.07, 6.45) is -0.599. The number of hydrogen-bond donors (Lipinski definition) is 23. The summed E-state index contributed by atoms with van der Waals surface area (Å²) in [5.74, 6) is -15.8. The molecule has 0 saturated heterocycles. The second-order valence-electron chi connectivity index (χ2n) is 24.7. The normalized spacial score (nSPS) is 15.4. The third-order valence-electron chi connectivity index (χ3n) is 15.8. The summed E-state index contributed by atoms with van der Waals surface area (Å²) >= 11 is 16.6. The lowest BCUT2D eigenvalue weighted by Crippen LogP contribution is -2.62. The number of carbonyl (C=O) groups excluding carboxylic acids is 12. The average Bonchev–Trinajstić information content (AvgIpc) is 0.865. The highest BCUT2D eigenvalue weighted by molar-refractivity contribution is 7.80. The van der Waals surface area contributed by atoms with Gasteiger partial charge in [0.1, 0.15) is 89.8 Å². The van der Waals surface area contributed by atoms with Gasteiger partial charge in [-0.2, -0.15) is 50.5 Å². The number of aromatic hydroxyl groups is 3. The van der Waals surface area contributed by atoms with E-state index in [1.807, 2.05) is 0 Å². The van der Waals surface area contributed by atoms with E-state index in [2.05, 4.69) is 114 Å². The molecule has 0 bridgehead atoms. The maximum atomic E-state index is 14.3. The van der Waals surface area contributed by atoms with Crippen molar-refractivity contribution in [1.82, 2.24) is 63.8 Å². The molecule has 3 aromatic carbocycles. The van der Waals surface area contributed by atoms with Crippen LogP contribution in [0.25, 0.3) is 0 Å². The molecule has 0 aromatic heterocycles. The van der Waals surface area contributed by atoms with E-state index < -0.39 is 186 Å².